The number of phenolic OH excluding ortho intramolecular Hbond substituents is 1. The van der Waals surface area contributed by atoms with Crippen molar-refractivity contribution in [3.8, 4) is 11.5 Å². The molecule has 1 aliphatic rings. The third-order valence-corrected chi connectivity index (χ3v) is 4.87. The number of halogens is 2. The Morgan fingerprint density at radius 2 is 2.00 bits per heavy atom. The Hall–Kier alpha value is -3.40. The number of aromatic hydroxyl groups is 1. The molecular weight excluding hydrogens is 418 g/mol. The third-order valence-electron chi connectivity index (χ3n) is 3.96. The number of imide groups is 1. The van der Waals surface area contributed by atoms with E-state index in [4.69, 9.17) is 4.74 Å². The maximum Gasteiger partial charge on any atom is 0.294 e. The van der Waals surface area contributed by atoms with E-state index in [0.717, 1.165) is 17.0 Å². The van der Waals surface area contributed by atoms with E-state index in [-0.39, 0.29) is 22.1 Å². The number of benzene rings is 2. The van der Waals surface area contributed by atoms with Gasteiger partial charge in [0.05, 0.1) is 17.2 Å². The molecule has 30 heavy (non-hydrogen) atoms. The summed E-state index contributed by atoms with van der Waals surface area (Å²) in [4.78, 5) is 37.6. The average Bonchev–Trinajstić information content (AvgIpc) is 2.94. The highest BCUT2D eigenvalue weighted by Crippen LogP contribution is 2.34. The predicted octanol–water partition coefficient (Wildman–Crippen LogP) is 3.74. The number of anilines is 1. The topological polar surface area (TPSA) is 95.9 Å². The van der Waals surface area contributed by atoms with Gasteiger partial charge in [0, 0.05) is 6.07 Å². The summed E-state index contributed by atoms with van der Waals surface area (Å²) in [6.07, 6.45) is 1.43. The number of nitrogens with one attached hydrogen (secondary N) is 1. The largest absolute Gasteiger partial charge is 0.504 e. The van der Waals surface area contributed by atoms with Crippen LogP contribution in [0.5, 0.6) is 11.5 Å². The molecule has 0 atom stereocenters. The van der Waals surface area contributed by atoms with E-state index >= 15 is 0 Å². The van der Waals surface area contributed by atoms with Gasteiger partial charge in [-0.1, -0.05) is 6.07 Å². The molecule has 0 unspecified atom stereocenters. The molecule has 2 aromatic rings. The van der Waals surface area contributed by atoms with E-state index < -0.39 is 35.2 Å². The number of amides is 3. The van der Waals surface area contributed by atoms with Crippen LogP contribution in [0.25, 0.3) is 6.08 Å². The van der Waals surface area contributed by atoms with E-state index in [1.807, 2.05) is 0 Å². The normalized spacial score (nSPS) is 15.0. The first kappa shape index (κ1) is 21.3. The molecule has 7 nitrogen and oxygen atoms in total. The fraction of sp³-hybridized carbons (Fsp3) is 0.150. The van der Waals surface area contributed by atoms with Gasteiger partial charge in [0.2, 0.25) is 5.91 Å². The van der Waals surface area contributed by atoms with Crippen molar-refractivity contribution < 1.29 is 33.0 Å². The lowest BCUT2D eigenvalue weighted by Crippen LogP contribution is -2.36. The summed E-state index contributed by atoms with van der Waals surface area (Å²) in [6, 6.07) is 7.05. The van der Waals surface area contributed by atoms with Gasteiger partial charge < -0.3 is 15.2 Å². The standard InChI is InChI=1S/C20H16F2N2O5S/c1-2-29-16-7-11(3-6-15(16)25)8-17-19(27)24(20(28)30-17)10-18(26)23-14-5-4-12(21)9-13(14)22/h3-9,25H,2,10H2,1H3,(H,23,26). The van der Waals surface area contributed by atoms with Gasteiger partial charge >= 0.3 is 0 Å². The van der Waals surface area contributed by atoms with E-state index in [9.17, 15) is 28.3 Å². The van der Waals surface area contributed by atoms with Gasteiger partial charge in [-0.15, -0.1) is 0 Å². The Kier molecular flexibility index (Phi) is 6.36. The monoisotopic (exact) mass is 434 g/mol. The summed E-state index contributed by atoms with van der Waals surface area (Å²) in [6.45, 7) is 1.45. The number of carbonyl (C=O) groups excluding carboxylic acids is 3. The first-order valence-corrected chi connectivity index (χ1v) is 9.56. The summed E-state index contributed by atoms with van der Waals surface area (Å²) < 4.78 is 31.9. The van der Waals surface area contributed by atoms with E-state index in [1.54, 1.807) is 6.92 Å². The van der Waals surface area contributed by atoms with Crippen LogP contribution in [0.3, 0.4) is 0 Å². The van der Waals surface area contributed by atoms with Gasteiger partial charge in [0.25, 0.3) is 11.1 Å². The molecule has 0 saturated carbocycles. The van der Waals surface area contributed by atoms with Crippen molar-refractivity contribution in [2.75, 3.05) is 18.5 Å². The highest BCUT2D eigenvalue weighted by molar-refractivity contribution is 8.18. The second-order valence-corrected chi connectivity index (χ2v) is 7.09. The average molecular weight is 434 g/mol. The quantitative estimate of drug-likeness (QED) is 0.673. The Bertz CT molecular complexity index is 1060. The van der Waals surface area contributed by atoms with Crippen molar-refractivity contribution in [3.63, 3.8) is 0 Å². The van der Waals surface area contributed by atoms with Crippen LogP contribution in [-0.2, 0) is 9.59 Å². The minimum absolute atomic E-state index is 0.0631. The molecule has 1 saturated heterocycles. The van der Waals surface area contributed by atoms with Gasteiger partial charge in [-0.05, 0) is 54.6 Å². The van der Waals surface area contributed by atoms with Crippen LogP contribution < -0.4 is 10.1 Å². The lowest BCUT2D eigenvalue weighted by atomic mass is 10.2. The van der Waals surface area contributed by atoms with Crippen molar-refractivity contribution in [1.29, 1.82) is 0 Å². The summed E-state index contributed by atoms with van der Waals surface area (Å²) in [5.74, 6) is -3.12. The number of nitrogens with zero attached hydrogens (tertiary/aromatic N) is 1. The van der Waals surface area contributed by atoms with E-state index in [1.165, 1.54) is 24.3 Å². The molecular formula is C20H16F2N2O5S. The first-order chi connectivity index (χ1) is 14.3. The molecule has 0 radical (unpaired) electrons. The van der Waals surface area contributed by atoms with Crippen LogP contribution in [0.1, 0.15) is 12.5 Å². The number of phenols is 1. The Morgan fingerprint density at radius 1 is 1.23 bits per heavy atom. The van der Waals surface area contributed by atoms with Gasteiger partial charge in [-0.2, -0.15) is 0 Å². The van der Waals surface area contributed by atoms with Gasteiger partial charge in [0.1, 0.15) is 18.2 Å². The molecule has 0 bridgehead atoms. The van der Waals surface area contributed by atoms with Crippen molar-refractivity contribution in [3.05, 3.63) is 58.5 Å². The molecule has 156 valence electrons. The SMILES string of the molecule is CCOc1cc(C=C2SC(=O)N(CC(=O)Nc3ccc(F)cc3F)C2=O)ccc1O. The molecule has 0 aliphatic carbocycles. The zero-order chi connectivity index (χ0) is 21.8. The number of rotatable bonds is 6. The molecule has 3 rings (SSSR count). The number of thioether (sulfide) groups is 1. The highest BCUT2D eigenvalue weighted by Gasteiger charge is 2.36. The molecule has 0 spiro atoms. The highest BCUT2D eigenvalue weighted by atomic mass is 32.2. The van der Waals surface area contributed by atoms with Crippen LogP contribution in [-0.4, -0.2) is 40.2 Å². The predicted molar refractivity (Wildman–Crippen MR) is 107 cm³/mol. The van der Waals surface area contributed by atoms with E-state index in [0.29, 0.717) is 30.0 Å². The maximum absolute atomic E-state index is 13.7. The third kappa shape index (κ3) is 4.77. The molecule has 10 heteroatoms. The van der Waals surface area contributed by atoms with Gasteiger partial charge in [-0.3, -0.25) is 19.3 Å². The van der Waals surface area contributed by atoms with Gasteiger partial charge in [-0.25, -0.2) is 8.78 Å². The smallest absolute Gasteiger partial charge is 0.294 e. The molecule has 1 aliphatic heterocycles. The summed E-state index contributed by atoms with van der Waals surface area (Å²) >= 11 is 0.645. The summed E-state index contributed by atoms with van der Waals surface area (Å²) in [7, 11) is 0. The van der Waals surface area contributed by atoms with Crippen molar-refractivity contribution >= 4 is 40.6 Å². The second kappa shape index (κ2) is 8.95. The number of hydrogen-bond donors (Lipinski definition) is 2. The first-order valence-electron chi connectivity index (χ1n) is 8.74. The van der Waals surface area contributed by atoms with Crippen molar-refractivity contribution in [2.24, 2.45) is 0 Å². The number of carbonyl (C=O) groups is 3. The minimum atomic E-state index is -0.977. The Balaban J connectivity index is 1.72. The summed E-state index contributed by atoms with van der Waals surface area (Å²) in [5.41, 5.74) is 0.246. The molecule has 2 aromatic carbocycles. The zero-order valence-electron chi connectivity index (χ0n) is 15.6. The molecule has 1 heterocycles. The van der Waals surface area contributed by atoms with Crippen molar-refractivity contribution in [1.82, 2.24) is 4.90 Å². The molecule has 2 N–H and O–H groups in total. The Morgan fingerprint density at radius 3 is 2.70 bits per heavy atom. The van der Waals surface area contributed by atoms with Crippen molar-refractivity contribution in [2.45, 2.75) is 6.92 Å². The number of hydrogen-bond acceptors (Lipinski definition) is 6. The van der Waals surface area contributed by atoms with E-state index in [2.05, 4.69) is 5.32 Å². The fourth-order valence-corrected chi connectivity index (χ4v) is 3.44. The lowest BCUT2D eigenvalue weighted by molar-refractivity contribution is -0.127. The minimum Gasteiger partial charge on any atom is -0.504 e. The number of ether oxygens (including phenoxy) is 1. The lowest BCUT2D eigenvalue weighted by Gasteiger charge is -2.12. The fourth-order valence-electron chi connectivity index (χ4n) is 2.60. The molecule has 3 amide bonds. The molecule has 1 fully saturated rings. The van der Waals surface area contributed by atoms with Crippen LogP contribution in [0.2, 0.25) is 0 Å². The van der Waals surface area contributed by atoms with Crippen LogP contribution in [0.4, 0.5) is 19.3 Å². The zero-order valence-corrected chi connectivity index (χ0v) is 16.5. The van der Waals surface area contributed by atoms with Crippen LogP contribution in [0, 0.1) is 11.6 Å². The second-order valence-electron chi connectivity index (χ2n) is 6.10. The Labute approximate surface area is 174 Å². The van der Waals surface area contributed by atoms with Crippen LogP contribution in [0.15, 0.2) is 41.3 Å². The maximum atomic E-state index is 13.7. The molecule has 0 aromatic heterocycles. The van der Waals surface area contributed by atoms with Gasteiger partial charge in [0.15, 0.2) is 11.5 Å². The van der Waals surface area contributed by atoms with Crippen LogP contribution >= 0.6 is 11.8 Å². The summed E-state index contributed by atoms with van der Waals surface area (Å²) in [5, 5.41) is 11.3.